The molecule has 1 aromatic rings. The maximum Gasteiger partial charge on any atom is 0.324 e. The predicted octanol–water partition coefficient (Wildman–Crippen LogP) is 4.43. The number of unbranched alkanes of at least 4 members (excludes halogenated alkanes) is 1. The fourth-order valence-electron chi connectivity index (χ4n) is 3.58. The SMILES string of the molecule is CCCCC(=O)O[C@@H](C)CC(N)(Cc1ccc(OC(=O)CC(C)C)c(OC(=O)CC(C)C)c1)C(=O)O. The van der Waals surface area contributed by atoms with Crippen molar-refractivity contribution in [2.24, 2.45) is 17.6 Å². The quantitative estimate of drug-likeness (QED) is 0.260. The molecule has 0 bridgehead atoms. The molecule has 0 aliphatic heterocycles. The summed E-state index contributed by atoms with van der Waals surface area (Å²) in [4.78, 5) is 48.6. The van der Waals surface area contributed by atoms with Crippen LogP contribution in [0.4, 0.5) is 0 Å². The number of hydrogen-bond acceptors (Lipinski definition) is 8. The Labute approximate surface area is 213 Å². The van der Waals surface area contributed by atoms with Gasteiger partial charge in [-0.05, 0) is 42.9 Å². The Morgan fingerprint density at radius 3 is 1.97 bits per heavy atom. The third kappa shape index (κ3) is 11.2. The molecule has 202 valence electrons. The molecule has 0 heterocycles. The third-order valence-corrected chi connectivity index (χ3v) is 5.27. The van der Waals surface area contributed by atoms with Gasteiger partial charge in [-0.1, -0.05) is 47.1 Å². The van der Waals surface area contributed by atoms with Gasteiger partial charge in [0.25, 0.3) is 0 Å². The number of benzene rings is 1. The normalized spacial score (nSPS) is 13.7. The van der Waals surface area contributed by atoms with Crippen LogP contribution in [0.1, 0.15) is 85.6 Å². The Morgan fingerprint density at radius 2 is 1.47 bits per heavy atom. The summed E-state index contributed by atoms with van der Waals surface area (Å²) in [5, 5.41) is 9.87. The maximum absolute atomic E-state index is 12.3. The van der Waals surface area contributed by atoms with Crippen molar-refractivity contribution in [1.29, 1.82) is 0 Å². The number of carboxylic acids is 1. The van der Waals surface area contributed by atoms with Crippen LogP contribution >= 0.6 is 0 Å². The van der Waals surface area contributed by atoms with Gasteiger partial charge in [-0.2, -0.15) is 0 Å². The molecule has 0 saturated heterocycles. The Kier molecular flexibility index (Phi) is 12.6. The molecule has 1 aromatic carbocycles. The van der Waals surface area contributed by atoms with Crippen molar-refractivity contribution in [3.05, 3.63) is 23.8 Å². The highest BCUT2D eigenvalue weighted by Gasteiger charge is 2.37. The molecule has 0 spiro atoms. The molecule has 0 fully saturated rings. The van der Waals surface area contributed by atoms with Crippen molar-refractivity contribution in [3.8, 4) is 11.5 Å². The number of aliphatic carboxylic acids is 1. The van der Waals surface area contributed by atoms with Gasteiger partial charge in [0.05, 0.1) is 0 Å². The van der Waals surface area contributed by atoms with Gasteiger partial charge in [-0.25, -0.2) is 0 Å². The maximum atomic E-state index is 12.3. The van der Waals surface area contributed by atoms with E-state index in [4.69, 9.17) is 19.9 Å². The molecule has 9 nitrogen and oxygen atoms in total. The fraction of sp³-hybridized carbons (Fsp3) is 0.630. The Morgan fingerprint density at radius 1 is 0.917 bits per heavy atom. The number of esters is 3. The van der Waals surface area contributed by atoms with E-state index in [0.29, 0.717) is 12.0 Å². The molecule has 0 aliphatic carbocycles. The zero-order chi connectivity index (χ0) is 27.5. The zero-order valence-corrected chi connectivity index (χ0v) is 22.3. The largest absolute Gasteiger partial charge is 0.480 e. The number of rotatable bonds is 15. The van der Waals surface area contributed by atoms with Crippen LogP contribution < -0.4 is 15.2 Å². The van der Waals surface area contributed by atoms with Crippen molar-refractivity contribution < 1.29 is 38.5 Å². The minimum Gasteiger partial charge on any atom is -0.480 e. The van der Waals surface area contributed by atoms with Crippen LogP contribution in [0.25, 0.3) is 0 Å². The van der Waals surface area contributed by atoms with Crippen LogP contribution in [-0.4, -0.2) is 40.6 Å². The lowest BCUT2D eigenvalue weighted by Crippen LogP contribution is -2.52. The van der Waals surface area contributed by atoms with Gasteiger partial charge in [0.1, 0.15) is 11.6 Å². The van der Waals surface area contributed by atoms with Gasteiger partial charge in [-0.3, -0.25) is 19.2 Å². The molecule has 0 aromatic heterocycles. The average Bonchev–Trinajstić information content (AvgIpc) is 2.72. The Balaban J connectivity index is 3.15. The van der Waals surface area contributed by atoms with Crippen molar-refractivity contribution in [3.63, 3.8) is 0 Å². The second kappa shape index (κ2) is 14.6. The number of hydrogen-bond donors (Lipinski definition) is 2. The smallest absolute Gasteiger partial charge is 0.324 e. The van der Waals surface area contributed by atoms with Crippen LogP contribution in [0.15, 0.2) is 18.2 Å². The highest BCUT2D eigenvalue weighted by molar-refractivity contribution is 5.80. The van der Waals surface area contributed by atoms with Gasteiger partial charge in [-0.15, -0.1) is 0 Å². The van der Waals surface area contributed by atoms with Gasteiger partial charge < -0.3 is 25.1 Å². The van der Waals surface area contributed by atoms with Crippen LogP contribution in [0, 0.1) is 11.8 Å². The van der Waals surface area contributed by atoms with E-state index < -0.39 is 35.5 Å². The van der Waals surface area contributed by atoms with E-state index in [9.17, 15) is 24.3 Å². The van der Waals surface area contributed by atoms with Gasteiger partial charge in [0.15, 0.2) is 11.5 Å². The number of carbonyl (C=O) groups is 4. The lowest BCUT2D eigenvalue weighted by Gasteiger charge is -2.28. The minimum atomic E-state index is -1.75. The zero-order valence-electron chi connectivity index (χ0n) is 22.3. The predicted molar refractivity (Wildman–Crippen MR) is 135 cm³/mol. The van der Waals surface area contributed by atoms with Crippen molar-refractivity contribution >= 4 is 23.9 Å². The number of carboxylic acid groups (broad SMARTS) is 1. The van der Waals surface area contributed by atoms with Gasteiger partial charge in [0, 0.05) is 32.1 Å². The highest BCUT2D eigenvalue weighted by Crippen LogP contribution is 2.32. The van der Waals surface area contributed by atoms with E-state index in [0.717, 1.165) is 6.42 Å². The summed E-state index contributed by atoms with van der Waals surface area (Å²) in [6, 6.07) is 4.49. The van der Waals surface area contributed by atoms with E-state index >= 15 is 0 Å². The summed E-state index contributed by atoms with van der Waals surface area (Å²) in [5.74, 6) is -2.42. The molecule has 1 rings (SSSR count). The van der Waals surface area contributed by atoms with Crippen LogP contribution in [0.5, 0.6) is 11.5 Å². The van der Waals surface area contributed by atoms with Crippen LogP contribution in [0.3, 0.4) is 0 Å². The first-order chi connectivity index (χ1) is 16.7. The molecule has 9 heteroatoms. The first-order valence-electron chi connectivity index (χ1n) is 12.5. The van der Waals surface area contributed by atoms with E-state index in [1.807, 2.05) is 34.6 Å². The van der Waals surface area contributed by atoms with Crippen molar-refractivity contribution in [1.82, 2.24) is 0 Å². The fourth-order valence-corrected chi connectivity index (χ4v) is 3.58. The second-order valence-electron chi connectivity index (χ2n) is 10.2. The van der Waals surface area contributed by atoms with Crippen molar-refractivity contribution in [2.75, 3.05) is 0 Å². The number of carbonyl (C=O) groups excluding carboxylic acids is 3. The first kappa shape index (κ1) is 31.1. The van der Waals surface area contributed by atoms with Crippen LogP contribution in [0.2, 0.25) is 0 Å². The summed E-state index contributed by atoms with van der Waals surface area (Å²) in [5.41, 5.74) is 4.96. The molecular formula is C27H41NO8. The van der Waals surface area contributed by atoms with Crippen molar-refractivity contribution in [2.45, 2.75) is 98.1 Å². The summed E-state index contributed by atoms with van der Waals surface area (Å²) in [6.45, 7) is 11.0. The van der Waals surface area contributed by atoms with E-state index in [2.05, 4.69) is 0 Å². The van der Waals surface area contributed by atoms with E-state index in [-0.39, 0.29) is 55.4 Å². The summed E-state index contributed by atoms with van der Waals surface area (Å²) < 4.78 is 16.2. The molecule has 3 N–H and O–H groups in total. The number of ether oxygens (including phenoxy) is 3. The lowest BCUT2D eigenvalue weighted by atomic mass is 9.86. The standard InChI is InChI=1S/C27H41NO8/c1-7-8-9-23(29)34-19(6)15-27(28,26(32)33)16-20-10-11-21(35-24(30)12-17(2)3)22(14-20)36-25(31)13-18(4)5/h10-11,14,17-19H,7-9,12-13,15-16,28H2,1-6H3,(H,32,33)/t19-,27?/m0/s1. The first-order valence-corrected chi connectivity index (χ1v) is 12.5. The second-order valence-corrected chi connectivity index (χ2v) is 10.2. The van der Waals surface area contributed by atoms with E-state index in [1.165, 1.54) is 12.1 Å². The molecule has 0 saturated carbocycles. The summed E-state index contributed by atoms with van der Waals surface area (Å²) in [7, 11) is 0. The topological polar surface area (TPSA) is 142 Å². The van der Waals surface area contributed by atoms with E-state index in [1.54, 1.807) is 13.0 Å². The molecule has 0 amide bonds. The molecule has 36 heavy (non-hydrogen) atoms. The number of nitrogens with two attached hydrogens (primary N) is 1. The average molecular weight is 508 g/mol. The molecule has 2 atom stereocenters. The molecule has 0 aliphatic rings. The summed E-state index contributed by atoms with van der Waals surface area (Å²) in [6.07, 6.45) is 1.16. The van der Waals surface area contributed by atoms with Gasteiger partial charge in [0.2, 0.25) is 0 Å². The highest BCUT2D eigenvalue weighted by atomic mass is 16.6. The third-order valence-electron chi connectivity index (χ3n) is 5.27. The molecule has 1 unspecified atom stereocenters. The molecular weight excluding hydrogens is 466 g/mol. The molecule has 0 radical (unpaired) electrons. The van der Waals surface area contributed by atoms with Gasteiger partial charge >= 0.3 is 23.9 Å². The minimum absolute atomic E-state index is 0.0158. The monoisotopic (exact) mass is 507 g/mol. The lowest BCUT2D eigenvalue weighted by molar-refractivity contribution is -0.153. The van der Waals surface area contributed by atoms with Crippen LogP contribution in [-0.2, 0) is 30.3 Å². The summed E-state index contributed by atoms with van der Waals surface area (Å²) >= 11 is 0. The Bertz CT molecular complexity index is 911. The Hall–Kier alpha value is -2.94.